The molecule has 10 heteroatoms. The highest BCUT2D eigenvalue weighted by Gasteiger charge is 2.48. The Balaban J connectivity index is 1.54. The maximum Gasteiger partial charge on any atom is 0.318 e. The van der Waals surface area contributed by atoms with Crippen LogP contribution >= 0.6 is 11.6 Å². The monoisotopic (exact) mass is 523 g/mol. The Labute approximate surface area is 222 Å². The van der Waals surface area contributed by atoms with Gasteiger partial charge in [0.15, 0.2) is 5.82 Å². The van der Waals surface area contributed by atoms with Crippen LogP contribution in [0.25, 0.3) is 0 Å². The molecule has 0 aliphatic carbocycles. The van der Waals surface area contributed by atoms with Gasteiger partial charge in [-0.25, -0.2) is 9.78 Å². The van der Waals surface area contributed by atoms with E-state index in [2.05, 4.69) is 20.7 Å². The molecule has 2 aromatic heterocycles. The van der Waals surface area contributed by atoms with E-state index < -0.39 is 6.04 Å². The predicted molar refractivity (Wildman–Crippen MR) is 146 cm³/mol. The van der Waals surface area contributed by atoms with Crippen molar-refractivity contribution in [3.8, 4) is 0 Å². The highest BCUT2D eigenvalue weighted by molar-refractivity contribution is 6.30. The van der Waals surface area contributed by atoms with E-state index in [9.17, 15) is 9.59 Å². The van der Waals surface area contributed by atoms with Crippen molar-refractivity contribution in [3.05, 3.63) is 71.0 Å². The fraction of sp³-hybridized carbons (Fsp3) is 0.407. The van der Waals surface area contributed by atoms with Gasteiger partial charge in [-0.15, -0.1) is 0 Å². The van der Waals surface area contributed by atoms with E-state index in [4.69, 9.17) is 11.6 Å². The standard InChI is InChI=1S/C27H34ClN7O2/c1-5-22(19-8-7-9-21(28)16-19)31-27(37)35-17-20(14-18-10-12-30-23(15-18)29-6-2)25(35)26(36)34(4)24-11-13-33(3)32-24/h7-13,15-16,20,22,25H,5-6,14,17H2,1-4H3,(H,29,30)(H,31,37)/t20-,22+,25-/m0/s1. The molecule has 1 fully saturated rings. The number of urea groups is 1. The number of likely N-dealkylation sites (tertiary alicyclic amines) is 1. The highest BCUT2D eigenvalue weighted by atomic mass is 35.5. The van der Waals surface area contributed by atoms with E-state index in [1.54, 1.807) is 42.1 Å². The van der Waals surface area contributed by atoms with Crippen LogP contribution in [0, 0.1) is 5.92 Å². The van der Waals surface area contributed by atoms with Gasteiger partial charge in [-0.2, -0.15) is 5.10 Å². The van der Waals surface area contributed by atoms with Crippen molar-refractivity contribution in [2.24, 2.45) is 13.0 Å². The summed E-state index contributed by atoms with van der Waals surface area (Å²) in [6, 6.07) is 12.1. The van der Waals surface area contributed by atoms with Crippen LogP contribution in [0.3, 0.4) is 0 Å². The SMILES string of the molecule is CCNc1cc(C[C@H]2CN(C(=O)N[C@H](CC)c3cccc(Cl)c3)[C@@H]2C(=O)N(C)c2ccn(C)n2)ccn1. The maximum absolute atomic E-state index is 13.7. The van der Waals surface area contributed by atoms with Crippen molar-refractivity contribution < 1.29 is 9.59 Å². The van der Waals surface area contributed by atoms with E-state index >= 15 is 0 Å². The number of benzene rings is 1. The van der Waals surface area contributed by atoms with Crippen LogP contribution in [0.5, 0.6) is 0 Å². The Bertz CT molecular complexity index is 1250. The summed E-state index contributed by atoms with van der Waals surface area (Å²) in [5.74, 6) is 1.14. The van der Waals surface area contributed by atoms with Crippen molar-refractivity contribution in [3.63, 3.8) is 0 Å². The molecule has 1 aliphatic rings. The van der Waals surface area contributed by atoms with Crippen LogP contribution in [0.4, 0.5) is 16.4 Å². The van der Waals surface area contributed by atoms with Gasteiger partial charge in [0.05, 0.1) is 6.04 Å². The first kappa shape index (κ1) is 26.5. The largest absolute Gasteiger partial charge is 0.370 e. The smallest absolute Gasteiger partial charge is 0.318 e. The van der Waals surface area contributed by atoms with Crippen molar-refractivity contribution in [2.75, 3.05) is 30.4 Å². The molecular weight excluding hydrogens is 490 g/mol. The molecule has 1 aliphatic heterocycles. The molecule has 3 aromatic rings. The normalized spacial score (nSPS) is 17.6. The number of anilines is 2. The molecule has 3 atom stereocenters. The van der Waals surface area contributed by atoms with Gasteiger partial charge in [0.1, 0.15) is 11.9 Å². The number of nitrogens with one attached hydrogen (secondary N) is 2. The van der Waals surface area contributed by atoms with Crippen molar-refractivity contribution in [1.29, 1.82) is 0 Å². The van der Waals surface area contributed by atoms with E-state index in [1.807, 2.05) is 50.2 Å². The number of rotatable bonds is 9. The van der Waals surface area contributed by atoms with Gasteiger partial charge in [-0.05, 0) is 55.2 Å². The zero-order valence-corrected chi connectivity index (χ0v) is 22.4. The quantitative estimate of drug-likeness (QED) is 0.437. The fourth-order valence-electron chi connectivity index (χ4n) is 4.75. The van der Waals surface area contributed by atoms with Crippen LogP contribution < -0.4 is 15.5 Å². The number of pyridine rings is 1. The minimum atomic E-state index is -0.611. The van der Waals surface area contributed by atoms with Crippen LogP contribution in [0.1, 0.15) is 37.4 Å². The van der Waals surface area contributed by atoms with E-state index in [0.29, 0.717) is 30.2 Å². The summed E-state index contributed by atoms with van der Waals surface area (Å²) in [5, 5.41) is 11.3. The molecule has 3 amide bonds. The maximum atomic E-state index is 13.7. The Kier molecular flexibility index (Phi) is 8.33. The second-order valence-corrected chi connectivity index (χ2v) is 9.79. The topological polar surface area (TPSA) is 95.4 Å². The lowest BCUT2D eigenvalue weighted by molar-refractivity contribution is -0.129. The fourth-order valence-corrected chi connectivity index (χ4v) is 4.95. The molecule has 0 spiro atoms. The van der Waals surface area contributed by atoms with Gasteiger partial charge < -0.3 is 15.5 Å². The molecule has 0 radical (unpaired) electrons. The Morgan fingerprint density at radius 3 is 2.70 bits per heavy atom. The number of hydrogen-bond donors (Lipinski definition) is 2. The third-order valence-corrected chi connectivity index (χ3v) is 6.97. The molecular formula is C27H34ClN7O2. The zero-order valence-electron chi connectivity index (χ0n) is 21.7. The number of carbonyl (C=O) groups excluding carboxylic acids is 2. The van der Waals surface area contributed by atoms with Crippen LogP contribution in [-0.4, -0.2) is 57.8 Å². The summed E-state index contributed by atoms with van der Waals surface area (Å²) in [7, 11) is 3.51. The molecule has 37 heavy (non-hydrogen) atoms. The predicted octanol–water partition coefficient (Wildman–Crippen LogP) is 4.27. The number of nitrogens with zero attached hydrogens (tertiary/aromatic N) is 5. The third kappa shape index (κ3) is 6.05. The van der Waals surface area contributed by atoms with Gasteiger partial charge in [-0.1, -0.05) is 30.7 Å². The average molecular weight is 524 g/mol. The van der Waals surface area contributed by atoms with E-state index in [-0.39, 0.29) is 23.9 Å². The number of aromatic nitrogens is 3. The first-order valence-electron chi connectivity index (χ1n) is 12.6. The molecule has 3 heterocycles. The van der Waals surface area contributed by atoms with Crippen LogP contribution in [0.2, 0.25) is 5.02 Å². The molecule has 1 saturated heterocycles. The molecule has 196 valence electrons. The molecule has 0 unspecified atom stereocenters. The number of carbonyl (C=O) groups is 2. The average Bonchev–Trinajstić information content (AvgIpc) is 3.30. The molecule has 0 saturated carbocycles. The summed E-state index contributed by atoms with van der Waals surface area (Å²) in [4.78, 5) is 34.6. The van der Waals surface area contributed by atoms with Gasteiger partial charge in [0.25, 0.3) is 5.91 Å². The van der Waals surface area contributed by atoms with E-state index in [0.717, 1.165) is 23.5 Å². The highest BCUT2D eigenvalue weighted by Crippen LogP contribution is 2.32. The first-order chi connectivity index (χ1) is 17.8. The Morgan fingerprint density at radius 2 is 2.03 bits per heavy atom. The summed E-state index contributed by atoms with van der Waals surface area (Å²) in [6.07, 6.45) is 4.91. The van der Waals surface area contributed by atoms with Crippen molar-refractivity contribution in [1.82, 2.24) is 25.0 Å². The molecule has 1 aromatic carbocycles. The number of halogens is 1. The zero-order chi connectivity index (χ0) is 26.5. The molecule has 0 bridgehead atoms. The van der Waals surface area contributed by atoms with Crippen molar-refractivity contribution in [2.45, 2.75) is 38.8 Å². The minimum Gasteiger partial charge on any atom is -0.370 e. The summed E-state index contributed by atoms with van der Waals surface area (Å²) < 4.78 is 1.65. The molecule has 2 N–H and O–H groups in total. The van der Waals surface area contributed by atoms with Crippen LogP contribution in [-0.2, 0) is 18.3 Å². The lowest BCUT2D eigenvalue weighted by Crippen LogP contribution is -2.67. The minimum absolute atomic E-state index is 0.0347. The Morgan fingerprint density at radius 1 is 1.22 bits per heavy atom. The summed E-state index contributed by atoms with van der Waals surface area (Å²) in [5.41, 5.74) is 2.00. The molecule has 9 nitrogen and oxygen atoms in total. The summed E-state index contributed by atoms with van der Waals surface area (Å²) in [6.45, 7) is 5.28. The lowest BCUT2D eigenvalue weighted by atomic mass is 9.82. The van der Waals surface area contributed by atoms with Gasteiger partial charge >= 0.3 is 6.03 Å². The molecule has 4 rings (SSSR count). The van der Waals surface area contributed by atoms with Crippen molar-refractivity contribution >= 4 is 35.2 Å². The first-order valence-corrected chi connectivity index (χ1v) is 13.0. The number of amides is 3. The number of likely N-dealkylation sites (N-methyl/N-ethyl adjacent to an activating group) is 1. The number of aryl methyl sites for hydroxylation is 1. The second kappa shape index (κ2) is 11.6. The van der Waals surface area contributed by atoms with E-state index in [1.165, 1.54) is 4.90 Å². The van der Waals surface area contributed by atoms with Gasteiger partial charge in [0, 0.05) is 56.6 Å². The van der Waals surface area contributed by atoms with Crippen LogP contribution in [0.15, 0.2) is 54.9 Å². The lowest BCUT2D eigenvalue weighted by Gasteiger charge is -2.48. The summed E-state index contributed by atoms with van der Waals surface area (Å²) >= 11 is 6.18. The van der Waals surface area contributed by atoms with Gasteiger partial charge in [0.2, 0.25) is 0 Å². The third-order valence-electron chi connectivity index (χ3n) is 6.74. The number of hydrogen-bond acceptors (Lipinski definition) is 5. The second-order valence-electron chi connectivity index (χ2n) is 9.35. The Hall–Kier alpha value is -3.59. The van der Waals surface area contributed by atoms with Gasteiger partial charge in [-0.3, -0.25) is 14.4 Å².